The standard InChI is InChI=1S/C15H13ClF2O/c1-19-15-6-5-12(18)9-13(15)14(16)8-10-3-2-4-11(17)7-10/h2-7,9,14H,8H2,1H3. The Kier molecular flexibility index (Phi) is 4.38. The number of hydrogen-bond donors (Lipinski definition) is 0. The van der Waals surface area contributed by atoms with E-state index in [1.807, 2.05) is 0 Å². The summed E-state index contributed by atoms with van der Waals surface area (Å²) in [6.07, 6.45) is 0.402. The van der Waals surface area contributed by atoms with E-state index in [0.29, 0.717) is 17.7 Å². The molecule has 100 valence electrons. The van der Waals surface area contributed by atoms with Gasteiger partial charge < -0.3 is 4.74 Å². The van der Waals surface area contributed by atoms with E-state index >= 15 is 0 Å². The van der Waals surface area contributed by atoms with Gasteiger partial charge in [-0.2, -0.15) is 0 Å². The zero-order valence-corrected chi connectivity index (χ0v) is 11.1. The predicted molar refractivity (Wildman–Crippen MR) is 71.7 cm³/mol. The third kappa shape index (κ3) is 3.44. The highest BCUT2D eigenvalue weighted by molar-refractivity contribution is 6.21. The van der Waals surface area contributed by atoms with Crippen molar-refractivity contribution in [1.29, 1.82) is 0 Å². The molecule has 1 atom stereocenters. The van der Waals surface area contributed by atoms with Crippen molar-refractivity contribution in [2.24, 2.45) is 0 Å². The third-order valence-corrected chi connectivity index (χ3v) is 3.22. The van der Waals surface area contributed by atoms with Gasteiger partial charge >= 0.3 is 0 Å². The minimum absolute atomic E-state index is 0.312. The Morgan fingerprint density at radius 1 is 1.11 bits per heavy atom. The number of methoxy groups -OCH3 is 1. The summed E-state index contributed by atoms with van der Waals surface area (Å²) in [7, 11) is 1.50. The first-order valence-corrected chi connectivity index (χ1v) is 6.25. The second-order valence-electron chi connectivity index (χ2n) is 4.19. The Balaban J connectivity index is 2.24. The molecule has 0 aromatic heterocycles. The fraction of sp³-hybridized carbons (Fsp3) is 0.200. The summed E-state index contributed by atoms with van der Waals surface area (Å²) in [4.78, 5) is 0. The van der Waals surface area contributed by atoms with Crippen molar-refractivity contribution in [2.75, 3.05) is 7.11 Å². The van der Waals surface area contributed by atoms with E-state index in [1.165, 1.54) is 37.4 Å². The maximum atomic E-state index is 13.3. The molecule has 0 aliphatic rings. The van der Waals surface area contributed by atoms with Crippen LogP contribution >= 0.6 is 11.6 Å². The lowest BCUT2D eigenvalue weighted by Crippen LogP contribution is -2.00. The number of ether oxygens (including phenoxy) is 1. The Labute approximate surface area is 115 Å². The fourth-order valence-corrected chi connectivity index (χ4v) is 2.28. The van der Waals surface area contributed by atoms with Gasteiger partial charge in [0.05, 0.1) is 12.5 Å². The van der Waals surface area contributed by atoms with Gasteiger partial charge in [0.1, 0.15) is 17.4 Å². The van der Waals surface area contributed by atoms with Gasteiger partial charge in [-0.25, -0.2) is 8.78 Å². The maximum Gasteiger partial charge on any atom is 0.123 e. The lowest BCUT2D eigenvalue weighted by atomic mass is 10.0. The van der Waals surface area contributed by atoms with Gasteiger partial charge in [0.25, 0.3) is 0 Å². The first kappa shape index (κ1) is 13.8. The molecule has 1 nitrogen and oxygen atoms in total. The highest BCUT2D eigenvalue weighted by Crippen LogP contribution is 2.32. The molecule has 0 fully saturated rings. The van der Waals surface area contributed by atoms with Crippen LogP contribution in [-0.2, 0) is 6.42 Å². The Bertz CT molecular complexity index is 572. The van der Waals surface area contributed by atoms with Crippen LogP contribution in [0.2, 0.25) is 0 Å². The molecule has 0 aliphatic carbocycles. The number of rotatable bonds is 4. The van der Waals surface area contributed by atoms with Crippen molar-refractivity contribution in [1.82, 2.24) is 0 Å². The summed E-state index contributed by atoms with van der Waals surface area (Å²) in [6, 6.07) is 10.4. The molecule has 2 aromatic rings. The SMILES string of the molecule is COc1ccc(F)cc1C(Cl)Cc1cccc(F)c1. The van der Waals surface area contributed by atoms with Crippen molar-refractivity contribution < 1.29 is 13.5 Å². The van der Waals surface area contributed by atoms with Gasteiger partial charge in [-0.3, -0.25) is 0 Å². The number of alkyl halides is 1. The second-order valence-corrected chi connectivity index (χ2v) is 4.71. The Morgan fingerprint density at radius 2 is 1.84 bits per heavy atom. The van der Waals surface area contributed by atoms with E-state index in [9.17, 15) is 8.78 Å². The molecule has 2 aromatic carbocycles. The summed E-state index contributed by atoms with van der Waals surface area (Å²) in [5.41, 5.74) is 1.32. The van der Waals surface area contributed by atoms with E-state index in [1.54, 1.807) is 12.1 Å². The van der Waals surface area contributed by atoms with E-state index in [4.69, 9.17) is 16.3 Å². The zero-order valence-electron chi connectivity index (χ0n) is 10.4. The van der Waals surface area contributed by atoms with Crippen LogP contribution < -0.4 is 4.74 Å². The molecule has 0 saturated carbocycles. The van der Waals surface area contributed by atoms with Gasteiger partial charge in [0.15, 0.2) is 0 Å². The van der Waals surface area contributed by atoms with Crippen LogP contribution in [0.1, 0.15) is 16.5 Å². The van der Waals surface area contributed by atoms with Crippen LogP contribution in [0, 0.1) is 11.6 Å². The molecule has 0 bridgehead atoms. The topological polar surface area (TPSA) is 9.23 Å². The monoisotopic (exact) mass is 282 g/mol. The minimum atomic E-state index is -0.479. The zero-order chi connectivity index (χ0) is 13.8. The average Bonchev–Trinajstić information content (AvgIpc) is 2.38. The minimum Gasteiger partial charge on any atom is -0.496 e. The Hall–Kier alpha value is -1.61. The molecule has 4 heteroatoms. The molecule has 0 spiro atoms. The molecule has 0 N–H and O–H groups in total. The van der Waals surface area contributed by atoms with Gasteiger partial charge in [-0.15, -0.1) is 11.6 Å². The first-order chi connectivity index (χ1) is 9.10. The van der Waals surface area contributed by atoms with E-state index < -0.39 is 5.38 Å². The van der Waals surface area contributed by atoms with Gasteiger partial charge in [0.2, 0.25) is 0 Å². The van der Waals surface area contributed by atoms with E-state index in [-0.39, 0.29) is 11.6 Å². The smallest absolute Gasteiger partial charge is 0.123 e. The van der Waals surface area contributed by atoms with Crippen LogP contribution in [0.5, 0.6) is 5.75 Å². The molecule has 0 radical (unpaired) electrons. The first-order valence-electron chi connectivity index (χ1n) is 5.82. The largest absolute Gasteiger partial charge is 0.496 e. The van der Waals surface area contributed by atoms with Crippen LogP contribution in [0.25, 0.3) is 0 Å². The maximum absolute atomic E-state index is 13.3. The summed E-state index contributed by atoms with van der Waals surface area (Å²) in [6.45, 7) is 0. The average molecular weight is 283 g/mol. The normalized spacial score (nSPS) is 12.2. The molecule has 19 heavy (non-hydrogen) atoms. The van der Waals surface area contributed by atoms with Crippen molar-refractivity contribution in [3.8, 4) is 5.75 Å². The van der Waals surface area contributed by atoms with Crippen molar-refractivity contribution in [3.05, 3.63) is 65.2 Å². The van der Waals surface area contributed by atoms with Crippen molar-refractivity contribution >= 4 is 11.6 Å². The molecule has 0 amide bonds. The van der Waals surface area contributed by atoms with Gasteiger partial charge in [-0.1, -0.05) is 12.1 Å². The van der Waals surface area contributed by atoms with E-state index in [2.05, 4.69) is 0 Å². The molecular weight excluding hydrogens is 270 g/mol. The molecule has 0 saturated heterocycles. The van der Waals surface area contributed by atoms with Gasteiger partial charge in [0, 0.05) is 5.56 Å². The quantitative estimate of drug-likeness (QED) is 0.751. The molecule has 2 rings (SSSR count). The van der Waals surface area contributed by atoms with Crippen LogP contribution in [-0.4, -0.2) is 7.11 Å². The number of halogens is 3. The molecule has 0 heterocycles. The van der Waals surface area contributed by atoms with Gasteiger partial charge in [-0.05, 0) is 42.3 Å². The van der Waals surface area contributed by atoms with Crippen LogP contribution in [0.4, 0.5) is 8.78 Å². The fourth-order valence-electron chi connectivity index (χ4n) is 1.93. The lowest BCUT2D eigenvalue weighted by Gasteiger charge is -2.14. The lowest BCUT2D eigenvalue weighted by molar-refractivity contribution is 0.407. The predicted octanol–water partition coefficient (Wildman–Crippen LogP) is 4.50. The van der Waals surface area contributed by atoms with Crippen molar-refractivity contribution in [3.63, 3.8) is 0 Å². The third-order valence-electron chi connectivity index (χ3n) is 2.83. The highest BCUT2D eigenvalue weighted by atomic mass is 35.5. The summed E-state index contributed by atoms with van der Waals surface area (Å²) >= 11 is 6.28. The summed E-state index contributed by atoms with van der Waals surface area (Å²) in [5.74, 6) is -0.161. The Morgan fingerprint density at radius 3 is 2.53 bits per heavy atom. The summed E-state index contributed by atoms with van der Waals surface area (Å²) in [5, 5.41) is -0.479. The number of benzene rings is 2. The summed E-state index contributed by atoms with van der Waals surface area (Å²) < 4.78 is 31.5. The number of hydrogen-bond acceptors (Lipinski definition) is 1. The molecule has 0 aliphatic heterocycles. The molecule has 1 unspecified atom stereocenters. The van der Waals surface area contributed by atoms with Crippen molar-refractivity contribution in [2.45, 2.75) is 11.8 Å². The van der Waals surface area contributed by atoms with Crippen LogP contribution in [0.3, 0.4) is 0 Å². The molecular formula is C15H13ClF2O. The highest BCUT2D eigenvalue weighted by Gasteiger charge is 2.15. The van der Waals surface area contributed by atoms with Crippen LogP contribution in [0.15, 0.2) is 42.5 Å². The second kappa shape index (κ2) is 6.02. The van der Waals surface area contributed by atoms with E-state index in [0.717, 1.165) is 5.56 Å².